The molecular weight excluding hydrogens is 228 g/mol. The van der Waals surface area contributed by atoms with E-state index in [9.17, 15) is 0 Å². The van der Waals surface area contributed by atoms with Crippen LogP contribution in [0.5, 0.6) is 0 Å². The van der Waals surface area contributed by atoms with Gasteiger partial charge in [-0.3, -0.25) is 0 Å². The lowest BCUT2D eigenvalue weighted by atomic mass is 9.96. The van der Waals surface area contributed by atoms with Crippen LogP contribution in [0.4, 0.5) is 0 Å². The van der Waals surface area contributed by atoms with Crippen molar-refractivity contribution in [3.8, 4) is 0 Å². The smallest absolute Gasteiger partial charge is 0.0897 e. The average molecular weight is 254 g/mol. The monoisotopic (exact) mass is 254 g/mol. The normalized spacial score (nSPS) is 14.8. The zero-order chi connectivity index (χ0) is 12.7. The molecule has 1 N–H and O–H groups in total. The van der Waals surface area contributed by atoms with Gasteiger partial charge in [0.2, 0.25) is 0 Å². The highest BCUT2D eigenvalue weighted by Gasteiger charge is 2.16. The van der Waals surface area contributed by atoms with Crippen LogP contribution in [0.15, 0.2) is 6.20 Å². The third-order valence-corrected chi connectivity index (χ3v) is 4.07. The van der Waals surface area contributed by atoms with Crippen molar-refractivity contribution in [2.45, 2.75) is 59.4 Å². The minimum Gasteiger partial charge on any atom is -0.309 e. The average Bonchev–Trinajstić information content (AvgIpc) is 2.71. The van der Waals surface area contributed by atoms with E-state index in [1.54, 1.807) is 0 Å². The molecule has 2 atom stereocenters. The number of nitrogens with one attached hydrogen (secondary N) is 1. The molecule has 1 rings (SSSR count). The van der Waals surface area contributed by atoms with Crippen LogP contribution in [0.2, 0.25) is 0 Å². The molecule has 1 aromatic heterocycles. The maximum atomic E-state index is 4.38. The Kier molecular flexibility index (Phi) is 6.75. The number of rotatable bonds is 8. The lowest BCUT2D eigenvalue weighted by Crippen LogP contribution is -2.23. The Morgan fingerprint density at radius 1 is 1.35 bits per heavy atom. The predicted molar refractivity (Wildman–Crippen MR) is 76.6 cm³/mol. The van der Waals surface area contributed by atoms with Crippen molar-refractivity contribution in [1.29, 1.82) is 0 Å². The zero-order valence-corrected chi connectivity index (χ0v) is 12.4. The van der Waals surface area contributed by atoms with Gasteiger partial charge in [-0.25, -0.2) is 4.98 Å². The van der Waals surface area contributed by atoms with Crippen LogP contribution in [-0.4, -0.2) is 11.5 Å². The molecule has 2 unspecified atom stereocenters. The van der Waals surface area contributed by atoms with Crippen LogP contribution in [0.25, 0.3) is 0 Å². The molecule has 2 nitrogen and oxygen atoms in total. The topological polar surface area (TPSA) is 24.9 Å². The number of aromatic nitrogens is 1. The lowest BCUT2D eigenvalue weighted by Gasteiger charge is -2.20. The van der Waals surface area contributed by atoms with E-state index in [1.165, 1.54) is 35.6 Å². The van der Waals surface area contributed by atoms with Crippen LogP contribution in [0.1, 0.15) is 62.4 Å². The Balaban J connectivity index is 2.60. The summed E-state index contributed by atoms with van der Waals surface area (Å²) in [6, 6.07) is 0.502. The Morgan fingerprint density at radius 3 is 2.65 bits per heavy atom. The van der Waals surface area contributed by atoms with Gasteiger partial charge in [0, 0.05) is 17.1 Å². The fourth-order valence-electron chi connectivity index (χ4n) is 2.17. The van der Waals surface area contributed by atoms with Gasteiger partial charge in [-0.2, -0.15) is 0 Å². The number of hydrogen-bond acceptors (Lipinski definition) is 3. The van der Waals surface area contributed by atoms with Crippen LogP contribution >= 0.6 is 11.3 Å². The maximum Gasteiger partial charge on any atom is 0.0897 e. The molecule has 0 aliphatic rings. The first-order valence-corrected chi connectivity index (χ1v) is 7.64. The van der Waals surface area contributed by atoms with Gasteiger partial charge in [-0.05, 0) is 32.2 Å². The molecule has 17 heavy (non-hydrogen) atoms. The number of thiazole rings is 1. The van der Waals surface area contributed by atoms with E-state index in [0.29, 0.717) is 6.04 Å². The molecule has 3 heteroatoms. The molecule has 0 spiro atoms. The summed E-state index contributed by atoms with van der Waals surface area (Å²) in [5.41, 5.74) is 0. The van der Waals surface area contributed by atoms with Crippen LogP contribution in [0.3, 0.4) is 0 Å². The van der Waals surface area contributed by atoms with Gasteiger partial charge in [0.1, 0.15) is 0 Å². The van der Waals surface area contributed by atoms with E-state index in [4.69, 9.17) is 0 Å². The molecule has 0 aliphatic carbocycles. The van der Waals surface area contributed by atoms with Crippen LogP contribution in [0, 0.1) is 12.8 Å². The van der Waals surface area contributed by atoms with E-state index in [2.05, 4.69) is 38.0 Å². The molecule has 0 radical (unpaired) electrons. The number of aryl methyl sites for hydroxylation is 1. The first kappa shape index (κ1) is 14.7. The van der Waals surface area contributed by atoms with Gasteiger partial charge < -0.3 is 5.32 Å². The maximum absolute atomic E-state index is 4.38. The molecule has 1 heterocycles. The van der Waals surface area contributed by atoms with Crippen LogP contribution in [-0.2, 0) is 0 Å². The summed E-state index contributed by atoms with van der Waals surface area (Å²) in [5.74, 6) is 0.789. The Morgan fingerprint density at radius 2 is 2.12 bits per heavy atom. The summed E-state index contributed by atoms with van der Waals surface area (Å²) in [7, 11) is 0. The van der Waals surface area contributed by atoms with E-state index in [1.807, 2.05) is 17.5 Å². The summed E-state index contributed by atoms with van der Waals surface area (Å²) >= 11 is 1.83. The standard InChI is InChI=1S/C14H26N2S/c1-5-7-11(3)9-13(15-8-6-2)14-10-16-12(4)17-14/h10-11,13,15H,5-9H2,1-4H3. The van der Waals surface area contributed by atoms with Crippen molar-refractivity contribution < 1.29 is 0 Å². The summed E-state index contributed by atoms with van der Waals surface area (Å²) < 4.78 is 0. The lowest BCUT2D eigenvalue weighted by molar-refractivity contribution is 0.393. The Labute approximate surface area is 110 Å². The molecule has 0 saturated carbocycles. The first-order valence-electron chi connectivity index (χ1n) is 6.83. The fraction of sp³-hybridized carbons (Fsp3) is 0.786. The minimum absolute atomic E-state index is 0.502. The van der Waals surface area contributed by atoms with Crippen LogP contribution < -0.4 is 5.32 Å². The second kappa shape index (κ2) is 7.83. The van der Waals surface area contributed by atoms with Gasteiger partial charge in [-0.1, -0.05) is 33.6 Å². The second-order valence-corrected chi connectivity index (χ2v) is 6.18. The quantitative estimate of drug-likeness (QED) is 0.747. The van der Waals surface area contributed by atoms with E-state index in [-0.39, 0.29) is 0 Å². The largest absolute Gasteiger partial charge is 0.309 e. The highest BCUT2D eigenvalue weighted by molar-refractivity contribution is 7.11. The molecule has 0 aromatic carbocycles. The summed E-state index contributed by atoms with van der Waals surface area (Å²) in [4.78, 5) is 5.78. The van der Waals surface area contributed by atoms with Gasteiger partial charge in [0.05, 0.1) is 5.01 Å². The van der Waals surface area contributed by atoms with Crippen molar-refractivity contribution in [3.63, 3.8) is 0 Å². The second-order valence-electron chi connectivity index (χ2n) is 4.92. The van der Waals surface area contributed by atoms with E-state index in [0.717, 1.165) is 12.5 Å². The SMILES string of the molecule is CCCNC(CC(C)CCC)c1cnc(C)s1. The van der Waals surface area contributed by atoms with Gasteiger partial charge in [0.25, 0.3) is 0 Å². The van der Waals surface area contributed by atoms with Gasteiger partial charge >= 0.3 is 0 Å². The molecule has 1 aromatic rings. The molecule has 0 aliphatic heterocycles. The molecule has 98 valence electrons. The minimum atomic E-state index is 0.502. The molecule has 0 bridgehead atoms. The third kappa shape index (κ3) is 5.17. The molecule has 0 fully saturated rings. The van der Waals surface area contributed by atoms with Crippen molar-refractivity contribution >= 4 is 11.3 Å². The zero-order valence-electron chi connectivity index (χ0n) is 11.6. The molecule has 0 amide bonds. The van der Waals surface area contributed by atoms with Crippen molar-refractivity contribution in [1.82, 2.24) is 10.3 Å². The third-order valence-electron chi connectivity index (χ3n) is 3.04. The number of hydrogen-bond donors (Lipinski definition) is 1. The molecular formula is C14H26N2S. The Bertz CT molecular complexity index is 309. The van der Waals surface area contributed by atoms with Crippen molar-refractivity contribution in [2.24, 2.45) is 5.92 Å². The van der Waals surface area contributed by atoms with Crippen molar-refractivity contribution in [3.05, 3.63) is 16.1 Å². The predicted octanol–water partition coefficient (Wildman–Crippen LogP) is 4.32. The number of nitrogens with zero attached hydrogens (tertiary/aromatic N) is 1. The first-order chi connectivity index (χ1) is 8.17. The van der Waals surface area contributed by atoms with Gasteiger partial charge in [0.15, 0.2) is 0 Å². The summed E-state index contributed by atoms with van der Waals surface area (Å²) in [5, 5.41) is 4.83. The summed E-state index contributed by atoms with van der Waals surface area (Å²) in [6.45, 7) is 10.0. The molecule has 0 saturated heterocycles. The Hall–Kier alpha value is -0.410. The van der Waals surface area contributed by atoms with E-state index < -0.39 is 0 Å². The van der Waals surface area contributed by atoms with Gasteiger partial charge in [-0.15, -0.1) is 11.3 Å². The van der Waals surface area contributed by atoms with E-state index >= 15 is 0 Å². The fourth-order valence-corrected chi connectivity index (χ4v) is 3.04. The highest BCUT2D eigenvalue weighted by atomic mass is 32.1. The van der Waals surface area contributed by atoms with Crippen molar-refractivity contribution in [2.75, 3.05) is 6.54 Å². The summed E-state index contributed by atoms with van der Waals surface area (Å²) in [6.07, 6.45) is 7.07. The highest BCUT2D eigenvalue weighted by Crippen LogP contribution is 2.27.